The van der Waals surface area contributed by atoms with E-state index in [2.05, 4.69) is 19.8 Å². The molecule has 1 aliphatic carbocycles. The molecule has 0 spiro atoms. The maximum absolute atomic E-state index is 4.50. The molecular weight excluding hydrogens is 159 g/mol. The van der Waals surface area contributed by atoms with Gasteiger partial charge in [-0.15, -0.1) is 0 Å². The van der Waals surface area contributed by atoms with Crippen LogP contribution in [0.1, 0.15) is 32.1 Å². The highest BCUT2D eigenvalue weighted by Gasteiger charge is 2.14. The van der Waals surface area contributed by atoms with Crippen molar-refractivity contribution in [1.29, 1.82) is 0 Å². The van der Waals surface area contributed by atoms with Gasteiger partial charge in [0.05, 0.1) is 0 Å². The summed E-state index contributed by atoms with van der Waals surface area (Å²) < 4.78 is 0. The number of hydrogen-bond donors (Lipinski definition) is 1. The monoisotopic (exact) mass is 174 g/mol. The predicted octanol–water partition coefficient (Wildman–Crippen LogP) is 1.90. The van der Waals surface area contributed by atoms with Crippen LogP contribution in [0, 0.1) is 0 Å². The van der Waals surface area contributed by atoms with Crippen molar-refractivity contribution in [1.82, 2.24) is 0 Å². The number of rotatable bonds is 1. The predicted molar refractivity (Wildman–Crippen MR) is 55.8 cm³/mol. The molecule has 10 heavy (non-hydrogen) atoms. The van der Waals surface area contributed by atoms with Gasteiger partial charge in [-0.25, -0.2) is 11.6 Å². The zero-order valence-corrected chi connectivity index (χ0v) is 8.26. The lowest BCUT2D eigenvalue weighted by molar-refractivity contribution is 0.719. The minimum absolute atomic E-state index is 0.692. The van der Waals surface area contributed by atoms with Crippen LogP contribution in [0.25, 0.3) is 0 Å². The Morgan fingerprint density at radius 3 is 2.70 bits per heavy atom. The number of thiol groups is 1. The lowest BCUT2D eigenvalue weighted by Gasteiger charge is -2.09. The molecule has 0 saturated heterocycles. The van der Waals surface area contributed by atoms with Gasteiger partial charge in [-0.05, 0) is 30.9 Å². The average molecular weight is 174 g/mol. The third-order valence-electron chi connectivity index (χ3n) is 2.22. The van der Waals surface area contributed by atoms with Gasteiger partial charge >= 0.3 is 0 Å². The molecule has 0 aromatic rings. The topological polar surface area (TPSA) is 0 Å². The Labute approximate surface area is 74.3 Å². The van der Waals surface area contributed by atoms with Gasteiger partial charge in [0.2, 0.25) is 0 Å². The van der Waals surface area contributed by atoms with Crippen LogP contribution in [0.5, 0.6) is 0 Å². The molecule has 0 unspecified atom stereocenters. The lowest BCUT2D eigenvalue weighted by atomic mass is 10.2. The Bertz CT molecular complexity index is 97.6. The molecular formula is C7H15BS2. The summed E-state index contributed by atoms with van der Waals surface area (Å²) in [5, 5.41) is 1.62. The van der Waals surface area contributed by atoms with E-state index in [9.17, 15) is 0 Å². The molecule has 0 aromatic carbocycles. The van der Waals surface area contributed by atoms with Crippen molar-refractivity contribution in [3.05, 3.63) is 0 Å². The molecule has 0 N–H and O–H groups in total. The molecule has 1 saturated carbocycles. The van der Waals surface area contributed by atoms with Crippen LogP contribution >= 0.6 is 24.2 Å². The Balaban J connectivity index is 2.26. The summed E-state index contributed by atoms with van der Waals surface area (Å²) in [5.41, 5.74) is 0. The molecule has 2 atom stereocenters. The molecule has 0 amide bonds. The smallest absolute Gasteiger partial charge is 0.173 e. The zero-order valence-electron chi connectivity index (χ0n) is 6.55. The highest BCUT2D eigenvalue weighted by atomic mass is 32.2. The Hall–Kier alpha value is 0.765. The summed E-state index contributed by atoms with van der Waals surface area (Å²) in [5.74, 6) is 0. The third kappa shape index (κ3) is 2.79. The van der Waals surface area contributed by atoms with Crippen LogP contribution in [0.3, 0.4) is 0 Å². The minimum Gasteiger partial charge on any atom is -0.216 e. The van der Waals surface area contributed by atoms with E-state index < -0.39 is 0 Å². The van der Waals surface area contributed by atoms with Crippen molar-refractivity contribution < 1.29 is 0 Å². The molecule has 1 fully saturated rings. The molecule has 0 bridgehead atoms. The zero-order chi connectivity index (χ0) is 7.40. The first-order valence-corrected chi connectivity index (χ1v) is 5.84. The van der Waals surface area contributed by atoms with Gasteiger partial charge in [0.25, 0.3) is 0 Å². The minimum atomic E-state index is 0.692. The second-order valence-electron chi connectivity index (χ2n) is 3.02. The van der Waals surface area contributed by atoms with Gasteiger partial charge in [0.15, 0.2) is 7.12 Å². The van der Waals surface area contributed by atoms with Gasteiger partial charge in [-0.2, -0.15) is 12.6 Å². The fraction of sp³-hybridized carbons (Fsp3) is 1.00. The first-order chi connectivity index (χ1) is 4.83. The summed E-state index contributed by atoms with van der Waals surface area (Å²) >= 11 is 6.53. The van der Waals surface area contributed by atoms with Gasteiger partial charge in [0.1, 0.15) is 0 Å². The van der Waals surface area contributed by atoms with Crippen molar-refractivity contribution in [2.45, 2.75) is 42.6 Å². The van der Waals surface area contributed by atoms with E-state index in [1.54, 1.807) is 0 Å². The fourth-order valence-electron chi connectivity index (χ4n) is 1.48. The van der Waals surface area contributed by atoms with E-state index in [0.717, 1.165) is 5.25 Å². The molecule has 0 aromatic heterocycles. The van der Waals surface area contributed by atoms with Crippen LogP contribution < -0.4 is 0 Å². The number of hydrogen-bond acceptors (Lipinski definition) is 2. The second-order valence-corrected chi connectivity index (χ2v) is 4.89. The largest absolute Gasteiger partial charge is 0.216 e. The first-order valence-electron chi connectivity index (χ1n) is 4.04. The SMILES string of the molecule is BS[C@@H]1CCC[C@H](S)CC1. The molecule has 3 heteroatoms. The fourth-order valence-corrected chi connectivity index (χ4v) is 2.59. The van der Waals surface area contributed by atoms with E-state index in [0.29, 0.717) is 5.25 Å². The molecule has 0 radical (unpaired) electrons. The van der Waals surface area contributed by atoms with Crippen molar-refractivity contribution in [3.8, 4) is 0 Å². The van der Waals surface area contributed by atoms with E-state index in [4.69, 9.17) is 0 Å². The van der Waals surface area contributed by atoms with Crippen molar-refractivity contribution in [2.75, 3.05) is 0 Å². The van der Waals surface area contributed by atoms with Crippen LogP contribution in [0.15, 0.2) is 0 Å². The lowest BCUT2D eigenvalue weighted by Crippen LogP contribution is -2.00. The Morgan fingerprint density at radius 2 is 2.00 bits per heavy atom. The summed E-state index contributed by atoms with van der Waals surface area (Å²) in [6.45, 7) is 0. The van der Waals surface area contributed by atoms with Gasteiger partial charge in [0, 0.05) is 5.25 Å². The van der Waals surface area contributed by atoms with E-state index in [-0.39, 0.29) is 0 Å². The molecule has 0 nitrogen and oxygen atoms in total. The summed E-state index contributed by atoms with van der Waals surface area (Å²) in [7, 11) is 2.23. The highest BCUT2D eigenvalue weighted by Crippen LogP contribution is 2.27. The van der Waals surface area contributed by atoms with E-state index in [1.807, 2.05) is 11.6 Å². The Kier molecular flexibility index (Phi) is 4.08. The summed E-state index contributed by atoms with van der Waals surface area (Å²) in [6.07, 6.45) is 6.85. The quantitative estimate of drug-likeness (QED) is 0.360. The van der Waals surface area contributed by atoms with Crippen molar-refractivity contribution in [3.63, 3.8) is 0 Å². The molecule has 1 aliphatic rings. The second kappa shape index (κ2) is 4.60. The molecule has 0 heterocycles. The maximum atomic E-state index is 4.50. The van der Waals surface area contributed by atoms with E-state index in [1.165, 1.54) is 32.1 Å². The van der Waals surface area contributed by atoms with E-state index >= 15 is 0 Å². The molecule has 1 rings (SSSR count). The maximum Gasteiger partial charge on any atom is 0.173 e. The Morgan fingerprint density at radius 1 is 1.20 bits per heavy atom. The van der Waals surface area contributed by atoms with Crippen molar-refractivity contribution >= 4 is 31.4 Å². The third-order valence-corrected chi connectivity index (χ3v) is 3.87. The van der Waals surface area contributed by atoms with Crippen LogP contribution in [-0.4, -0.2) is 17.6 Å². The molecule has 0 aliphatic heterocycles. The van der Waals surface area contributed by atoms with Gasteiger partial charge < -0.3 is 0 Å². The summed E-state index contributed by atoms with van der Waals surface area (Å²) in [6, 6.07) is 0. The van der Waals surface area contributed by atoms with Crippen LogP contribution in [-0.2, 0) is 0 Å². The average Bonchev–Trinajstić information content (AvgIpc) is 2.14. The van der Waals surface area contributed by atoms with Crippen LogP contribution in [0.4, 0.5) is 0 Å². The van der Waals surface area contributed by atoms with Gasteiger partial charge in [-0.3, -0.25) is 0 Å². The summed E-state index contributed by atoms with van der Waals surface area (Å²) in [4.78, 5) is 0. The van der Waals surface area contributed by atoms with Gasteiger partial charge in [-0.1, -0.05) is 6.42 Å². The highest BCUT2D eigenvalue weighted by molar-refractivity contribution is 8.20. The molecule has 58 valence electrons. The van der Waals surface area contributed by atoms with Crippen molar-refractivity contribution in [2.24, 2.45) is 0 Å². The first kappa shape index (κ1) is 8.86. The standard InChI is InChI=1S/C7H15BS2/c8-10-7-3-1-2-6(9)4-5-7/h6-7,9H,1-5,8H2/t6-,7+/m0/s1. The normalized spacial score (nSPS) is 35.3. The van der Waals surface area contributed by atoms with Crippen LogP contribution in [0.2, 0.25) is 0 Å².